The summed E-state index contributed by atoms with van der Waals surface area (Å²) in [6.45, 7) is 15.3. The number of β-amino-alcohol motifs (C(OH)–C–C–N with tert-alkyl or cyclic N) is 1. The standard InChI is InChI=1S/C19H34N2O3/c1-6-24-13-15(22)12-20-7-9-21(10-8-20)18(23)17-16(11-14(2)3)19(17,4)5/h11,15-17,22H,6-10,12-13H2,1-5H3/t15-,16-,17+/m1/s1. The second kappa shape index (κ2) is 7.98. The van der Waals surface area contributed by atoms with Crippen LogP contribution < -0.4 is 0 Å². The van der Waals surface area contributed by atoms with E-state index in [4.69, 9.17) is 4.74 Å². The van der Waals surface area contributed by atoms with E-state index in [9.17, 15) is 9.90 Å². The van der Waals surface area contributed by atoms with E-state index in [1.54, 1.807) is 0 Å². The Hall–Kier alpha value is -0.910. The van der Waals surface area contributed by atoms with Crippen molar-refractivity contribution in [2.75, 3.05) is 45.9 Å². The molecule has 2 fully saturated rings. The van der Waals surface area contributed by atoms with Crippen LogP contribution in [0.2, 0.25) is 0 Å². The molecule has 1 saturated heterocycles. The van der Waals surface area contributed by atoms with Crippen LogP contribution in [0, 0.1) is 17.3 Å². The third-order valence-electron chi connectivity index (χ3n) is 5.36. The van der Waals surface area contributed by atoms with Crippen molar-refractivity contribution in [1.29, 1.82) is 0 Å². The summed E-state index contributed by atoms with van der Waals surface area (Å²) in [4.78, 5) is 17.1. The Kier molecular flexibility index (Phi) is 6.46. The molecule has 1 aliphatic heterocycles. The predicted molar refractivity (Wildman–Crippen MR) is 95.7 cm³/mol. The van der Waals surface area contributed by atoms with Crippen molar-refractivity contribution >= 4 is 5.91 Å². The van der Waals surface area contributed by atoms with Gasteiger partial charge in [0, 0.05) is 39.3 Å². The van der Waals surface area contributed by atoms with Crippen LogP contribution in [0.4, 0.5) is 0 Å². The van der Waals surface area contributed by atoms with Crippen LogP contribution in [0.25, 0.3) is 0 Å². The summed E-state index contributed by atoms with van der Waals surface area (Å²) in [6.07, 6.45) is 1.81. The number of carbonyl (C=O) groups excluding carboxylic acids is 1. The van der Waals surface area contributed by atoms with Crippen molar-refractivity contribution in [1.82, 2.24) is 9.80 Å². The molecular formula is C19H34N2O3. The van der Waals surface area contributed by atoms with Gasteiger partial charge in [-0.2, -0.15) is 0 Å². The van der Waals surface area contributed by atoms with Crippen LogP contribution in [0.5, 0.6) is 0 Å². The SMILES string of the molecule is CCOC[C@H](O)CN1CCN(C(=O)[C@@H]2[C@@H](C=C(C)C)C2(C)C)CC1. The molecule has 138 valence electrons. The van der Waals surface area contributed by atoms with Crippen LogP contribution in [-0.2, 0) is 9.53 Å². The van der Waals surface area contributed by atoms with Gasteiger partial charge in [-0.15, -0.1) is 0 Å². The Morgan fingerprint density at radius 3 is 2.46 bits per heavy atom. The highest BCUT2D eigenvalue weighted by molar-refractivity contribution is 5.84. The minimum absolute atomic E-state index is 0.0825. The quantitative estimate of drug-likeness (QED) is 0.719. The van der Waals surface area contributed by atoms with Crippen molar-refractivity contribution in [3.8, 4) is 0 Å². The minimum Gasteiger partial charge on any atom is -0.389 e. The summed E-state index contributed by atoms with van der Waals surface area (Å²) >= 11 is 0. The molecule has 1 saturated carbocycles. The number of piperazine rings is 1. The smallest absolute Gasteiger partial charge is 0.226 e. The topological polar surface area (TPSA) is 53.0 Å². The minimum atomic E-state index is -0.448. The number of ether oxygens (including phenoxy) is 1. The summed E-state index contributed by atoms with van der Waals surface area (Å²) in [6, 6.07) is 0. The zero-order chi connectivity index (χ0) is 17.9. The van der Waals surface area contributed by atoms with Crippen LogP contribution >= 0.6 is 0 Å². The first kappa shape index (κ1) is 19.4. The highest BCUT2D eigenvalue weighted by Crippen LogP contribution is 2.60. The maximum Gasteiger partial charge on any atom is 0.226 e. The van der Waals surface area contributed by atoms with E-state index in [1.165, 1.54) is 5.57 Å². The molecule has 0 spiro atoms. The predicted octanol–water partition coefficient (Wildman–Crippen LogP) is 1.77. The van der Waals surface area contributed by atoms with Crippen molar-refractivity contribution in [2.45, 2.75) is 40.7 Å². The third-order valence-corrected chi connectivity index (χ3v) is 5.36. The molecular weight excluding hydrogens is 304 g/mol. The van der Waals surface area contributed by atoms with Gasteiger partial charge in [-0.25, -0.2) is 0 Å². The maximum atomic E-state index is 12.8. The van der Waals surface area contributed by atoms with Crippen LogP contribution in [0.15, 0.2) is 11.6 Å². The molecule has 2 rings (SSSR count). The molecule has 5 heteroatoms. The van der Waals surface area contributed by atoms with Gasteiger partial charge in [0.25, 0.3) is 0 Å². The van der Waals surface area contributed by atoms with Crippen LogP contribution in [-0.4, -0.2) is 72.9 Å². The monoisotopic (exact) mass is 338 g/mol. The van der Waals surface area contributed by atoms with E-state index in [-0.39, 0.29) is 11.3 Å². The Morgan fingerprint density at radius 2 is 1.92 bits per heavy atom. The highest BCUT2D eigenvalue weighted by Gasteiger charge is 2.61. The van der Waals surface area contributed by atoms with Crippen molar-refractivity contribution in [2.24, 2.45) is 17.3 Å². The third kappa shape index (κ3) is 4.58. The second-order valence-corrected chi connectivity index (χ2v) is 8.01. The molecule has 2 aliphatic rings. The number of rotatable bonds is 7. The molecule has 0 unspecified atom stereocenters. The lowest BCUT2D eigenvalue weighted by Gasteiger charge is -2.36. The number of amides is 1. The number of allylic oxidation sites excluding steroid dienone is 2. The first-order chi connectivity index (χ1) is 11.3. The molecule has 0 aromatic heterocycles. The zero-order valence-corrected chi connectivity index (χ0v) is 15.9. The lowest BCUT2D eigenvalue weighted by atomic mass is 10.1. The van der Waals surface area contributed by atoms with E-state index >= 15 is 0 Å². The van der Waals surface area contributed by atoms with E-state index < -0.39 is 6.10 Å². The molecule has 5 nitrogen and oxygen atoms in total. The highest BCUT2D eigenvalue weighted by atomic mass is 16.5. The Morgan fingerprint density at radius 1 is 1.29 bits per heavy atom. The molecule has 0 aromatic carbocycles. The van der Waals surface area contributed by atoms with E-state index in [2.05, 4.69) is 38.7 Å². The number of hydrogen-bond acceptors (Lipinski definition) is 4. The first-order valence-corrected chi connectivity index (χ1v) is 9.19. The van der Waals surface area contributed by atoms with Gasteiger partial charge in [-0.3, -0.25) is 9.69 Å². The number of aliphatic hydroxyl groups is 1. The Bertz CT molecular complexity index is 463. The van der Waals surface area contributed by atoms with Gasteiger partial charge in [0.2, 0.25) is 5.91 Å². The molecule has 0 aromatic rings. The Balaban J connectivity index is 1.80. The van der Waals surface area contributed by atoms with Gasteiger partial charge < -0.3 is 14.7 Å². The molecule has 24 heavy (non-hydrogen) atoms. The maximum absolute atomic E-state index is 12.8. The molecule has 1 heterocycles. The van der Waals surface area contributed by atoms with Crippen molar-refractivity contribution in [3.05, 3.63) is 11.6 Å². The number of hydrogen-bond donors (Lipinski definition) is 1. The van der Waals surface area contributed by atoms with Crippen LogP contribution in [0.1, 0.15) is 34.6 Å². The fourth-order valence-corrected chi connectivity index (χ4v) is 3.77. The largest absolute Gasteiger partial charge is 0.389 e. The van der Waals surface area contributed by atoms with E-state index in [0.29, 0.717) is 31.6 Å². The van der Waals surface area contributed by atoms with Gasteiger partial charge in [-0.05, 0) is 32.1 Å². The lowest BCUT2D eigenvalue weighted by molar-refractivity contribution is -0.135. The normalized spacial score (nSPS) is 27.7. The lowest BCUT2D eigenvalue weighted by Crippen LogP contribution is -2.51. The first-order valence-electron chi connectivity index (χ1n) is 9.19. The molecule has 1 amide bonds. The van der Waals surface area contributed by atoms with Gasteiger partial charge in [0.15, 0.2) is 0 Å². The fourth-order valence-electron chi connectivity index (χ4n) is 3.77. The average Bonchev–Trinajstić information content (AvgIpc) is 3.05. The molecule has 0 radical (unpaired) electrons. The summed E-state index contributed by atoms with van der Waals surface area (Å²) in [5.74, 6) is 0.806. The summed E-state index contributed by atoms with van der Waals surface area (Å²) in [5.41, 5.74) is 1.37. The molecule has 1 N–H and O–H groups in total. The number of nitrogens with zero attached hydrogens (tertiary/aromatic N) is 2. The van der Waals surface area contributed by atoms with Gasteiger partial charge in [-0.1, -0.05) is 25.5 Å². The van der Waals surface area contributed by atoms with Crippen molar-refractivity contribution in [3.63, 3.8) is 0 Å². The van der Waals surface area contributed by atoms with E-state index in [1.807, 2.05) is 11.8 Å². The number of aliphatic hydroxyl groups excluding tert-OH is 1. The van der Waals surface area contributed by atoms with Gasteiger partial charge in [0.05, 0.1) is 18.6 Å². The average molecular weight is 338 g/mol. The fraction of sp³-hybridized carbons (Fsp3) is 0.842. The molecule has 1 aliphatic carbocycles. The van der Waals surface area contributed by atoms with E-state index in [0.717, 1.165) is 26.2 Å². The second-order valence-electron chi connectivity index (χ2n) is 8.01. The number of carbonyl (C=O) groups is 1. The van der Waals surface area contributed by atoms with Crippen molar-refractivity contribution < 1.29 is 14.6 Å². The molecule has 0 bridgehead atoms. The van der Waals surface area contributed by atoms with Crippen LogP contribution in [0.3, 0.4) is 0 Å². The Labute approximate surface area is 146 Å². The zero-order valence-electron chi connectivity index (χ0n) is 15.9. The summed E-state index contributed by atoms with van der Waals surface area (Å²) < 4.78 is 5.26. The molecule has 3 atom stereocenters. The summed E-state index contributed by atoms with van der Waals surface area (Å²) in [7, 11) is 0. The van der Waals surface area contributed by atoms with Gasteiger partial charge in [0.1, 0.15) is 0 Å². The van der Waals surface area contributed by atoms with Gasteiger partial charge >= 0.3 is 0 Å². The summed E-state index contributed by atoms with van der Waals surface area (Å²) in [5, 5.41) is 9.94.